The summed E-state index contributed by atoms with van der Waals surface area (Å²) in [5.41, 5.74) is 0.234. The highest BCUT2D eigenvalue weighted by Crippen LogP contribution is 2.30. The van der Waals surface area contributed by atoms with E-state index in [1.807, 2.05) is 0 Å². The van der Waals surface area contributed by atoms with Gasteiger partial charge in [-0.25, -0.2) is 8.42 Å². The number of benzene rings is 1. The summed E-state index contributed by atoms with van der Waals surface area (Å²) in [6.07, 6.45) is 2.88. The van der Waals surface area contributed by atoms with Crippen LogP contribution in [-0.2, 0) is 10.0 Å². The summed E-state index contributed by atoms with van der Waals surface area (Å²) in [6, 6.07) is 4.06. The molecule has 0 aliphatic carbocycles. The average Bonchev–Trinajstić information content (AvgIpc) is 3.16. The minimum Gasteiger partial charge on any atom is -0.383 e. The van der Waals surface area contributed by atoms with Crippen molar-refractivity contribution in [2.45, 2.75) is 38.0 Å². The number of nitro benzene ring substituents is 1. The first kappa shape index (κ1) is 21.0. The smallest absolute Gasteiger partial charge is 0.270 e. The molecule has 0 unspecified atom stereocenters. The van der Waals surface area contributed by atoms with Gasteiger partial charge in [-0.15, -0.1) is 0 Å². The lowest BCUT2D eigenvalue weighted by atomic mass is 9.92. The molecule has 0 bridgehead atoms. The maximum Gasteiger partial charge on any atom is 0.270 e. The normalized spacial score (nSPS) is 24.4. The second kappa shape index (κ2) is 8.75. The van der Waals surface area contributed by atoms with Crippen LogP contribution in [0.2, 0.25) is 0 Å². The zero-order valence-electron chi connectivity index (χ0n) is 16.6. The van der Waals surface area contributed by atoms with Gasteiger partial charge in [-0.1, -0.05) is 13.8 Å². The van der Waals surface area contributed by atoms with E-state index in [2.05, 4.69) is 24.1 Å². The van der Waals surface area contributed by atoms with E-state index in [0.717, 1.165) is 32.5 Å². The molecule has 156 valence electrons. The fraction of sp³-hybridized carbons (Fsp3) is 0.684. The van der Waals surface area contributed by atoms with Gasteiger partial charge in [-0.2, -0.15) is 4.31 Å². The number of nitro groups is 1. The van der Waals surface area contributed by atoms with Gasteiger partial charge in [-0.3, -0.25) is 10.1 Å². The molecule has 2 fully saturated rings. The first-order valence-corrected chi connectivity index (χ1v) is 11.5. The molecule has 3 rings (SSSR count). The van der Waals surface area contributed by atoms with Gasteiger partial charge in [0.15, 0.2) is 0 Å². The third kappa shape index (κ3) is 4.82. The number of hydrogen-bond donors (Lipinski definition) is 1. The highest BCUT2D eigenvalue weighted by molar-refractivity contribution is 7.89. The molecule has 0 aromatic heterocycles. The van der Waals surface area contributed by atoms with Crippen molar-refractivity contribution >= 4 is 21.4 Å². The fourth-order valence-electron chi connectivity index (χ4n) is 4.37. The average molecular weight is 411 g/mol. The van der Waals surface area contributed by atoms with E-state index < -0.39 is 14.9 Å². The molecule has 1 aromatic carbocycles. The highest BCUT2D eigenvalue weighted by Gasteiger charge is 2.31. The van der Waals surface area contributed by atoms with E-state index in [4.69, 9.17) is 0 Å². The van der Waals surface area contributed by atoms with Crippen LogP contribution in [-0.4, -0.2) is 61.8 Å². The monoisotopic (exact) mass is 410 g/mol. The Morgan fingerprint density at radius 1 is 1.18 bits per heavy atom. The number of anilines is 1. The fourth-order valence-corrected chi connectivity index (χ4v) is 6.08. The molecule has 2 heterocycles. The van der Waals surface area contributed by atoms with Crippen LogP contribution in [0.1, 0.15) is 33.1 Å². The summed E-state index contributed by atoms with van der Waals surface area (Å²) in [5.74, 6) is 1.32. The highest BCUT2D eigenvalue weighted by atomic mass is 32.2. The van der Waals surface area contributed by atoms with E-state index in [-0.39, 0.29) is 10.6 Å². The van der Waals surface area contributed by atoms with Gasteiger partial charge in [-0.05, 0) is 37.2 Å². The van der Waals surface area contributed by atoms with Gasteiger partial charge in [0.05, 0.1) is 10.6 Å². The van der Waals surface area contributed by atoms with Crippen LogP contribution in [0, 0.1) is 22.0 Å². The number of rotatable bonds is 7. The molecule has 0 saturated carbocycles. The van der Waals surface area contributed by atoms with Gasteiger partial charge in [0.25, 0.3) is 5.69 Å². The number of hydrogen-bond acceptors (Lipinski definition) is 6. The Hall–Kier alpha value is -1.71. The van der Waals surface area contributed by atoms with E-state index in [1.54, 1.807) is 0 Å². The molecule has 8 nitrogen and oxygen atoms in total. The number of likely N-dealkylation sites (tertiary alicyclic amines) is 1. The molecule has 1 aromatic rings. The van der Waals surface area contributed by atoms with Crippen molar-refractivity contribution in [3.63, 3.8) is 0 Å². The first-order chi connectivity index (χ1) is 13.3. The molecule has 0 spiro atoms. The molecule has 28 heavy (non-hydrogen) atoms. The molecule has 0 amide bonds. The number of non-ortho nitro benzene ring substituents is 1. The molecule has 2 saturated heterocycles. The molecule has 2 aliphatic rings. The van der Waals surface area contributed by atoms with Crippen LogP contribution >= 0.6 is 0 Å². The molecule has 2 aliphatic heterocycles. The van der Waals surface area contributed by atoms with Crippen molar-refractivity contribution in [2.75, 3.05) is 44.6 Å². The third-order valence-electron chi connectivity index (χ3n) is 5.55. The van der Waals surface area contributed by atoms with Crippen LogP contribution in [0.4, 0.5) is 11.4 Å². The van der Waals surface area contributed by atoms with Gasteiger partial charge in [0.1, 0.15) is 4.90 Å². The lowest BCUT2D eigenvalue weighted by Gasteiger charge is -2.35. The molecule has 1 N–H and O–H groups in total. The molecule has 9 heteroatoms. The van der Waals surface area contributed by atoms with E-state index >= 15 is 0 Å². The third-order valence-corrected chi connectivity index (χ3v) is 7.49. The second-order valence-corrected chi connectivity index (χ2v) is 10.1. The number of piperidine rings is 1. The topological polar surface area (TPSA) is 95.8 Å². The van der Waals surface area contributed by atoms with E-state index in [0.29, 0.717) is 37.2 Å². The minimum absolute atomic E-state index is 0.00369. The molecule has 2 atom stereocenters. The summed E-state index contributed by atoms with van der Waals surface area (Å²) in [5, 5.41) is 14.4. The van der Waals surface area contributed by atoms with Crippen LogP contribution in [0.5, 0.6) is 0 Å². The second-order valence-electron chi connectivity index (χ2n) is 8.18. The SMILES string of the molecule is C[C@H]1C[C@H](C)CN(CCNc2ccc([N+](=O)[O-])cc2S(=O)(=O)N2CCCC2)C1. The predicted molar refractivity (Wildman–Crippen MR) is 109 cm³/mol. The lowest BCUT2D eigenvalue weighted by molar-refractivity contribution is -0.385. The van der Waals surface area contributed by atoms with Crippen molar-refractivity contribution in [3.05, 3.63) is 28.3 Å². The summed E-state index contributed by atoms with van der Waals surface area (Å²) < 4.78 is 27.5. The quantitative estimate of drug-likeness (QED) is 0.548. The Bertz CT molecular complexity index is 798. The Kier molecular flexibility index (Phi) is 6.57. The number of sulfonamides is 1. The van der Waals surface area contributed by atoms with Crippen molar-refractivity contribution in [1.82, 2.24) is 9.21 Å². The summed E-state index contributed by atoms with van der Waals surface area (Å²) in [4.78, 5) is 13.0. The Balaban J connectivity index is 1.75. The van der Waals surface area contributed by atoms with Crippen molar-refractivity contribution in [3.8, 4) is 0 Å². The maximum atomic E-state index is 13.0. The van der Waals surface area contributed by atoms with Crippen LogP contribution in [0.3, 0.4) is 0 Å². The molecular formula is C19H30N4O4S. The number of nitrogens with zero attached hydrogens (tertiary/aromatic N) is 3. The Labute approximate surface area is 167 Å². The van der Waals surface area contributed by atoms with Crippen LogP contribution in [0.25, 0.3) is 0 Å². The maximum absolute atomic E-state index is 13.0. The summed E-state index contributed by atoms with van der Waals surface area (Å²) in [7, 11) is -3.75. The largest absolute Gasteiger partial charge is 0.383 e. The summed E-state index contributed by atoms with van der Waals surface area (Å²) >= 11 is 0. The Morgan fingerprint density at radius 2 is 1.82 bits per heavy atom. The van der Waals surface area contributed by atoms with Gasteiger partial charge in [0.2, 0.25) is 10.0 Å². The predicted octanol–water partition coefficient (Wildman–Crippen LogP) is 2.77. The van der Waals surface area contributed by atoms with Gasteiger partial charge >= 0.3 is 0 Å². The zero-order valence-corrected chi connectivity index (χ0v) is 17.5. The van der Waals surface area contributed by atoms with Crippen molar-refractivity contribution < 1.29 is 13.3 Å². The van der Waals surface area contributed by atoms with Crippen molar-refractivity contribution in [2.24, 2.45) is 11.8 Å². The molecule has 0 radical (unpaired) electrons. The van der Waals surface area contributed by atoms with Crippen LogP contribution in [0.15, 0.2) is 23.1 Å². The zero-order chi connectivity index (χ0) is 20.3. The van der Waals surface area contributed by atoms with Crippen molar-refractivity contribution in [1.29, 1.82) is 0 Å². The summed E-state index contributed by atoms with van der Waals surface area (Å²) in [6.45, 7) is 8.95. The van der Waals surface area contributed by atoms with Crippen LogP contribution < -0.4 is 5.32 Å². The van der Waals surface area contributed by atoms with Gasteiger partial charge in [0, 0.05) is 51.4 Å². The molecular weight excluding hydrogens is 380 g/mol. The minimum atomic E-state index is -3.75. The Morgan fingerprint density at radius 3 is 2.43 bits per heavy atom. The number of nitrogens with one attached hydrogen (secondary N) is 1. The lowest BCUT2D eigenvalue weighted by Crippen LogP contribution is -2.41. The van der Waals surface area contributed by atoms with E-state index in [1.165, 1.54) is 28.9 Å². The van der Waals surface area contributed by atoms with E-state index in [9.17, 15) is 18.5 Å². The standard InChI is InChI=1S/C19H30N4O4S/c1-15-11-16(2)14-21(13-15)10-7-20-18-6-5-17(23(24)25)12-19(18)28(26,27)22-8-3-4-9-22/h5-6,12,15-16,20H,3-4,7-11,13-14H2,1-2H3/t15-,16-/m0/s1. The first-order valence-electron chi connectivity index (χ1n) is 10.0. The van der Waals surface area contributed by atoms with Gasteiger partial charge < -0.3 is 10.2 Å².